The molecule has 2 unspecified atom stereocenters. The third-order valence-electron chi connectivity index (χ3n) is 5.86. The molecule has 1 N–H and O–H groups in total. The van der Waals surface area contributed by atoms with E-state index in [0.717, 1.165) is 78.0 Å². The number of hydrogen-bond donors (Lipinski definition) is 1. The summed E-state index contributed by atoms with van der Waals surface area (Å²) in [7, 11) is 5.29. The molecule has 1 amide bonds. The molecule has 0 spiro atoms. The molecule has 174 valence electrons. The Bertz CT molecular complexity index is 527. The van der Waals surface area contributed by atoms with Gasteiger partial charge in [0.15, 0.2) is 5.96 Å². The van der Waals surface area contributed by atoms with Crippen molar-refractivity contribution in [2.75, 3.05) is 93.4 Å². The molecule has 30 heavy (non-hydrogen) atoms. The van der Waals surface area contributed by atoms with Crippen LogP contribution in [0.5, 0.6) is 0 Å². The van der Waals surface area contributed by atoms with Crippen molar-refractivity contribution in [3.8, 4) is 0 Å². The molecule has 9 nitrogen and oxygen atoms in total. The number of amides is 1. The summed E-state index contributed by atoms with van der Waals surface area (Å²) >= 11 is 0. The average molecular weight is 427 g/mol. The van der Waals surface area contributed by atoms with Crippen LogP contribution in [0.3, 0.4) is 0 Å². The summed E-state index contributed by atoms with van der Waals surface area (Å²) in [5, 5.41) is 3.53. The minimum Gasteiger partial charge on any atom is -0.383 e. The van der Waals surface area contributed by atoms with E-state index in [1.165, 1.54) is 0 Å². The molecule has 0 aromatic rings. The molecule has 2 aliphatic rings. The van der Waals surface area contributed by atoms with Crippen molar-refractivity contribution in [2.24, 2.45) is 4.99 Å². The highest BCUT2D eigenvalue weighted by Crippen LogP contribution is 2.15. The monoisotopic (exact) mass is 426 g/mol. The Kier molecular flexibility index (Phi) is 10.8. The first-order valence-electron chi connectivity index (χ1n) is 11.2. The van der Waals surface area contributed by atoms with Gasteiger partial charge in [0.2, 0.25) is 5.91 Å². The average Bonchev–Trinajstić information content (AvgIpc) is 2.73. The highest BCUT2D eigenvalue weighted by molar-refractivity contribution is 5.85. The number of carbonyl (C=O) groups is 1. The quantitative estimate of drug-likeness (QED) is 0.311. The van der Waals surface area contributed by atoms with E-state index in [4.69, 9.17) is 9.47 Å². The van der Waals surface area contributed by atoms with Crippen LogP contribution in [0.2, 0.25) is 0 Å². The second kappa shape index (κ2) is 13.1. The van der Waals surface area contributed by atoms with Gasteiger partial charge in [-0.15, -0.1) is 0 Å². The summed E-state index contributed by atoms with van der Waals surface area (Å²) in [6.07, 6.45) is 1.04. The number of rotatable bonds is 9. The predicted octanol–water partition coefficient (Wildman–Crippen LogP) is -0.216. The minimum absolute atomic E-state index is 0.0162. The molecule has 0 aromatic heterocycles. The first-order chi connectivity index (χ1) is 14.4. The molecular weight excluding hydrogens is 384 g/mol. The highest BCUT2D eigenvalue weighted by atomic mass is 16.5. The van der Waals surface area contributed by atoms with Crippen molar-refractivity contribution in [1.29, 1.82) is 0 Å². The van der Waals surface area contributed by atoms with Gasteiger partial charge < -0.3 is 24.6 Å². The van der Waals surface area contributed by atoms with Crippen LogP contribution >= 0.6 is 0 Å². The predicted molar refractivity (Wildman–Crippen MR) is 120 cm³/mol. The zero-order chi connectivity index (χ0) is 21.9. The van der Waals surface area contributed by atoms with Crippen molar-refractivity contribution in [2.45, 2.75) is 32.4 Å². The number of aliphatic imine (C=N–C) groups is 1. The van der Waals surface area contributed by atoms with Crippen molar-refractivity contribution in [3.63, 3.8) is 0 Å². The summed E-state index contributed by atoms with van der Waals surface area (Å²) in [5.74, 6) is 0.861. The lowest BCUT2D eigenvalue weighted by Gasteiger charge is -2.45. The Balaban J connectivity index is 1.93. The van der Waals surface area contributed by atoms with Crippen molar-refractivity contribution < 1.29 is 14.3 Å². The number of nitrogens with zero attached hydrogens (tertiary/aromatic N) is 5. The molecule has 9 heteroatoms. The normalized spacial score (nSPS) is 24.2. The van der Waals surface area contributed by atoms with Crippen LogP contribution < -0.4 is 5.32 Å². The van der Waals surface area contributed by atoms with Crippen molar-refractivity contribution in [1.82, 2.24) is 24.9 Å². The number of likely N-dealkylation sites (N-methyl/N-ethyl adjacent to an activating group) is 1. The maximum absolute atomic E-state index is 12.1. The number of hydrogen-bond acceptors (Lipinski definition) is 6. The van der Waals surface area contributed by atoms with Crippen LogP contribution in [-0.2, 0) is 14.3 Å². The first kappa shape index (κ1) is 24.8. The molecule has 0 aliphatic carbocycles. The molecule has 2 fully saturated rings. The molecule has 0 radical (unpaired) electrons. The van der Waals surface area contributed by atoms with Crippen LogP contribution in [0, 0.1) is 0 Å². The third-order valence-corrected chi connectivity index (χ3v) is 5.86. The molecule has 2 aliphatic heterocycles. The fraction of sp³-hybridized carbons (Fsp3) is 0.905. The first-order valence-corrected chi connectivity index (χ1v) is 11.2. The Morgan fingerprint density at radius 1 is 1.17 bits per heavy atom. The lowest BCUT2D eigenvalue weighted by atomic mass is 10.1. The van der Waals surface area contributed by atoms with Crippen LogP contribution in [0.15, 0.2) is 4.99 Å². The Hall–Kier alpha value is -1.42. The zero-order valence-electron chi connectivity index (χ0n) is 19.6. The van der Waals surface area contributed by atoms with Gasteiger partial charge in [-0.3, -0.25) is 14.6 Å². The van der Waals surface area contributed by atoms with Gasteiger partial charge in [-0.05, 0) is 26.8 Å². The van der Waals surface area contributed by atoms with Crippen LogP contribution in [0.4, 0.5) is 0 Å². The summed E-state index contributed by atoms with van der Waals surface area (Å²) in [4.78, 5) is 25.6. The molecule has 2 heterocycles. The van der Waals surface area contributed by atoms with E-state index >= 15 is 0 Å². The van der Waals surface area contributed by atoms with Gasteiger partial charge in [0.25, 0.3) is 0 Å². The smallest absolute Gasteiger partial charge is 0.243 e. The number of nitrogens with one attached hydrogen (secondary N) is 1. The van der Waals surface area contributed by atoms with E-state index in [-0.39, 0.29) is 12.5 Å². The Morgan fingerprint density at radius 3 is 2.43 bits per heavy atom. The van der Waals surface area contributed by atoms with Gasteiger partial charge in [-0.1, -0.05) is 0 Å². The SMILES string of the molecule is COCCN1C(C)CN(C(=NCC(=O)N(C)C)NCCCN2CCOCC2)CC1C. The summed E-state index contributed by atoms with van der Waals surface area (Å²) < 4.78 is 10.7. The standard InChI is InChI=1S/C21H42N6O3/c1-18-16-26(17-19(2)27(18)11-12-29-5)21(23-15-20(28)24(3)4)22-7-6-8-25-9-13-30-14-10-25/h18-19H,6-17H2,1-5H3,(H,22,23). The van der Waals surface area contributed by atoms with E-state index < -0.39 is 0 Å². The van der Waals surface area contributed by atoms with Crippen LogP contribution in [-0.4, -0.2) is 137 Å². The number of ether oxygens (including phenoxy) is 2. The van der Waals surface area contributed by atoms with Gasteiger partial charge in [0.05, 0.1) is 19.8 Å². The highest BCUT2D eigenvalue weighted by Gasteiger charge is 2.30. The molecule has 2 rings (SSSR count). The number of piperazine rings is 1. The van der Waals surface area contributed by atoms with E-state index in [2.05, 4.69) is 38.9 Å². The van der Waals surface area contributed by atoms with Gasteiger partial charge >= 0.3 is 0 Å². The molecule has 2 atom stereocenters. The topological polar surface area (TPSA) is 72.9 Å². The summed E-state index contributed by atoms with van der Waals surface area (Å²) in [5.41, 5.74) is 0. The van der Waals surface area contributed by atoms with Crippen molar-refractivity contribution in [3.05, 3.63) is 0 Å². The molecule has 0 aromatic carbocycles. The van der Waals surface area contributed by atoms with Gasteiger partial charge in [0, 0.05) is 72.6 Å². The Labute approximate surface area is 182 Å². The number of morpholine rings is 1. The number of guanidine groups is 1. The maximum atomic E-state index is 12.1. The van der Waals surface area contributed by atoms with Crippen LogP contribution in [0.25, 0.3) is 0 Å². The zero-order valence-corrected chi connectivity index (χ0v) is 19.6. The van der Waals surface area contributed by atoms with Gasteiger partial charge in [-0.25, -0.2) is 4.99 Å². The lowest BCUT2D eigenvalue weighted by Crippen LogP contribution is -2.60. The molecule has 0 saturated carbocycles. The lowest BCUT2D eigenvalue weighted by molar-refractivity contribution is -0.127. The van der Waals surface area contributed by atoms with Crippen molar-refractivity contribution >= 4 is 11.9 Å². The molecule has 0 bridgehead atoms. The second-order valence-electron chi connectivity index (χ2n) is 8.50. The van der Waals surface area contributed by atoms with E-state index in [9.17, 15) is 4.79 Å². The fourth-order valence-electron chi connectivity index (χ4n) is 4.05. The van der Waals surface area contributed by atoms with E-state index in [1.807, 2.05) is 0 Å². The summed E-state index contributed by atoms with van der Waals surface area (Å²) in [6.45, 7) is 13.7. The van der Waals surface area contributed by atoms with Gasteiger partial charge in [0.1, 0.15) is 6.54 Å². The largest absolute Gasteiger partial charge is 0.383 e. The number of methoxy groups -OCH3 is 1. The van der Waals surface area contributed by atoms with E-state index in [1.54, 1.807) is 26.1 Å². The maximum Gasteiger partial charge on any atom is 0.243 e. The number of carbonyl (C=O) groups excluding carboxylic acids is 1. The minimum atomic E-state index is 0.0162. The second-order valence-corrected chi connectivity index (χ2v) is 8.50. The molecular formula is C21H42N6O3. The Morgan fingerprint density at radius 2 is 1.83 bits per heavy atom. The van der Waals surface area contributed by atoms with Crippen LogP contribution in [0.1, 0.15) is 20.3 Å². The molecule has 2 saturated heterocycles. The summed E-state index contributed by atoms with van der Waals surface area (Å²) in [6, 6.07) is 0.794. The third kappa shape index (κ3) is 8.02. The van der Waals surface area contributed by atoms with Gasteiger partial charge in [-0.2, -0.15) is 0 Å². The van der Waals surface area contributed by atoms with E-state index in [0.29, 0.717) is 12.1 Å². The fourth-order valence-corrected chi connectivity index (χ4v) is 4.05.